The maximum atomic E-state index is 11.4. The number of thiophene rings is 1. The number of carbonyl (C=O) groups is 1. The van der Waals surface area contributed by atoms with E-state index >= 15 is 0 Å². The van der Waals surface area contributed by atoms with Crippen molar-refractivity contribution in [3.05, 3.63) is 21.3 Å². The van der Waals surface area contributed by atoms with Crippen LogP contribution in [0.2, 0.25) is 4.34 Å². The van der Waals surface area contributed by atoms with Crippen LogP contribution in [-0.4, -0.2) is 11.1 Å². The molecule has 0 aliphatic heterocycles. The van der Waals surface area contributed by atoms with Crippen molar-refractivity contribution in [1.29, 1.82) is 0 Å². The fourth-order valence-corrected chi connectivity index (χ4v) is 4.19. The molecule has 0 spiro atoms. The highest BCUT2D eigenvalue weighted by Gasteiger charge is 2.37. The van der Waals surface area contributed by atoms with Crippen LogP contribution in [0.25, 0.3) is 0 Å². The van der Waals surface area contributed by atoms with Gasteiger partial charge >= 0.3 is 5.97 Å². The fourth-order valence-electron chi connectivity index (χ4n) is 2.95. The summed E-state index contributed by atoms with van der Waals surface area (Å²) >= 11 is 7.51. The van der Waals surface area contributed by atoms with E-state index in [4.69, 9.17) is 11.6 Å². The second kappa shape index (κ2) is 5.62. The molecule has 0 aromatic carbocycles. The van der Waals surface area contributed by atoms with Crippen molar-refractivity contribution in [3.63, 3.8) is 0 Å². The zero-order valence-electron chi connectivity index (χ0n) is 10.7. The highest BCUT2D eigenvalue weighted by Crippen LogP contribution is 2.45. The second-order valence-corrected chi connectivity index (χ2v) is 7.26. The molecule has 1 N–H and O–H groups in total. The number of aliphatic carboxylic acids is 1. The molecule has 1 aromatic heterocycles. The molecule has 1 heterocycles. The van der Waals surface area contributed by atoms with Gasteiger partial charge in [0.05, 0.1) is 10.3 Å². The number of halogens is 1. The molecule has 0 amide bonds. The molecule has 2 nitrogen and oxygen atoms in total. The molecule has 3 unspecified atom stereocenters. The van der Waals surface area contributed by atoms with E-state index in [2.05, 4.69) is 13.8 Å². The molecule has 0 bridgehead atoms. The minimum Gasteiger partial charge on any atom is -0.481 e. The Morgan fingerprint density at radius 3 is 2.67 bits per heavy atom. The molecule has 100 valence electrons. The molecule has 3 atom stereocenters. The minimum absolute atomic E-state index is 0.140. The standard InChI is InChI=1S/C14H19ClO2S/c1-8(2)9-3-4-10(14(16)17)11(7-9)12-5-6-13(15)18-12/h5-6,8-11H,3-4,7H2,1-2H3,(H,16,17). The van der Waals surface area contributed by atoms with Gasteiger partial charge in [-0.2, -0.15) is 0 Å². The summed E-state index contributed by atoms with van der Waals surface area (Å²) in [5, 5.41) is 9.37. The van der Waals surface area contributed by atoms with Gasteiger partial charge in [-0.15, -0.1) is 11.3 Å². The summed E-state index contributed by atoms with van der Waals surface area (Å²) in [6.07, 6.45) is 2.80. The summed E-state index contributed by atoms with van der Waals surface area (Å²) in [6.45, 7) is 4.45. The Morgan fingerprint density at radius 1 is 1.44 bits per heavy atom. The van der Waals surface area contributed by atoms with Gasteiger partial charge in [-0.05, 0) is 43.2 Å². The van der Waals surface area contributed by atoms with Gasteiger partial charge in [0.15, 0.2) is 0 Å². The highest BCUT2D eigenvalue weighted by molar-refractivity contribution is 7.16. The third-order valence-electron chi connectivity index (χ3n) is 4.11. The molecule has 2 rings (SSSR count). The van der Waals surface area contributed by atoms with Crippen molar-refractivity contribution in [2.75, 3.05) is 0 Å². The van der Waals surface area contributed by atoms with Crippen LogP contribution in [0.4, 0.5) is 0 Å². The summed E-state index contributed by atoms with van der Waals surface area (Å²) in [4.78, 5) is 12.5. The monoisotopic (exact) mass is 286 g/mol. The third-order valence-corrected chi connectivity index (χ3v) is 5.47. The average molecular weight is 287 g/mol. The molecule has 1 aromatic rings. The SMILES string of the molecule is CC(C)C1CCC(C(=O)O)C(c2ccc(Cl)s2)C1. The molecule has 0 saturated heterocycles. The normalized spacial score (nSPS) is 28.6. The molecule has 1 fully saturated rings. The summed E-state index contributed by atoms with van der Waals surface area (Å²) in [6, 6.07) is 3.87. The van der Waals surface area contributed by atoms with E-state index in [1.165, 1.54) is 11.3 Å². The van der Waals surface area contributed by atoms with Crippen LogP contribution in [-0.2, 0) is 4.79 Å². The molecular weight excluding hydrogens is 268 g/mol. The van der Waals surface area contributed by atoms with Crippen LogP contribution >= 0.6 is 22.9 Å². The van der Waals surface area contributed by atoms with E-state index in [-0.39, 0.29) is 11.8 Å². The van der Waals surface area contributed by atoms with Crippen molar-refractivity contribution in [3.8, 4) is 0 Å². The molecule has 18 heavy (non-hydrogen) atoms. The Bertz CT molecular complexity index is 427. The lowest BCUT2D eigenvalue weighted by Crippen LogP contribution is -2.30. The Labute approximate surface area is 117 Å². The Balaban J connectivity index is 2.22. The molecular formula is C14H19ClO2S. The maximum absolute atomic E-state index is 11.4. The predicted molar refractivity (Wildman–Crippen MR) is 75.4 cm³/mol. The smallest absolute Gasteiger partial charge is 0.307 e. The van der Waals surface area contributed by atoms with Gasteiger partial charge in [-0.3, -0.25) is 4.79 Å². The van der Waals surface area contributed by atoms with E-state index in [1.807, 2.05) is 12.1 Å². The van der Waals surface area contributed by atoms with Crippen molar-refractivity contribution < 1.29 is 9.90 Å². The summed E-state index contributed by atoms with van der Waals surface area (Å²) < 4.78 is 0.751. The van der Waals surface area contributed by atoms with Crippen molar-refractivity contribution in [2.45, 2.75) is 39.0 Å². The van der Waals surface area contributed by atoms with Crippen LogP contribution in [0.3, 0.4) is 0 Å². The van der Waals surface area contributed by atoms with Gasteiger partial charge in [0.1, 0.15) is 0 Å². The van der Waals surface area contributed by atoms with Crippen LogP contribution in [0.15, 0.2) is 12.1 Å². The number of hydrogen-bond donors (Lipinski definition) is 1. The first-order valence-corrected chi connectivity index (χ1v) is 7.66. The highest BCUT2D eigenvalue weighted by atomic mass is 35.5. The fraction of sp³-hybridized carbons (Fsp3) is 0.643. The van der Waals surface area contributed by atoms with Gasteiger partial charge in [-0.25, -0.2) is 0 Å². The predicted octanol–water partition coefficient (Wildman–Crippen LogP) is 4.64. The van der Waals surface area contributed by atoms with Gasteiger partial charge in [0.25, 0.3) is 0 Å². The van der Waals surface area contributed by atoms with Crippen LogP contribution in [0.1, 0.15) is 43.9 Å². The van der Waals surface area contributed by atoms with E-state index in [0.717, 1.165) is 28.5 Å². The first-order valence-electron chi connectivity index (χ1n) is 6.47. The molecule has 0 radical (unpaired) electrons. The van der Waals surface area contributed by atoms with E-state index in [1.54, 1.807) is 0 Å². The second-order valence-electron chi connectivity index (χ2n) is 5.51. The number of hydrogen-bond acceptors (Lipinski definition) is 2. The van der Waals surface area contributed by atoms with Crippen LogP contribution < -0.4 is 0 Å². The van der Waals surface area contributed by atoms with Crippen LogP contribution in [0, 0.1) is 17.8 Å². The Hall–Kier alpha value is -0.540. The lowest BCUT2D eigenvalue weighted by atomic mass is 9.70. The van der Waals surface area contributed by atoms with Gasteiger partial charge in [0, 0.05) is 10.8 Å². The molecule has 1 aliphatic rings. The molecule has 4 heteroatoms. The van der Waals surface area contributed by atoms with Crippen molar-refractivity contribution >= 4 is 28.9 Å². The summed E-state index contributed by atoms with van der Waals surface area (Å²) in [7, 11) is 0. The lowest BCUT2D eigenvalue weighted by molar-refractivity contribution is -0.144. The van der Waals surface area contributed by atoms with Gasteiger partial charge in [-0.1, -0.05) is 25.4 Å². The van der Waals surface area contributed by atoms with Gasteiger partial charge in [0.2, 0.25) is 0 Å². The maximum Gasteiger partial charge on any atom is 0.307 e. The van der Waals surface area contributed by atoms with Crippen molar-refractivity contribution in [2.24, 2.45) is 17.8 Å². The number of carboxylic acids is 1. The average Bonchev–Trinajstić information content (AvgIpc) is 2.74. The van der Waals surface area contributed by atoms with E-state index < -0.39 is 5.97 Å². The quantitative estimate of drug-likeness (QED) is 0.879. The minimum atomic E-state index is -0.660. The lowest BCUT2D eigenvalue weighted by Gasteiger charge is -2.35. The zero-order valence-corrected chi connectivity index (χ0v) is 12.3. The first-order chi connectivity index (χ1) is 8.49. The van der Waals surface area contributed by atoms with E-state index in [0.29, 0.717) is 11.8 Å². The number of rotatable bonds is 3. The molecule has 1 saturated carbocycles. The topological polar surface area (TPSA) is 37.3 Å². The Kier molecular flexibility index (Phi) is 4.33. The van der Waals surface area contributed by atoms with E-state index in [9.17, 15) is 9.90 Å². The largest absolute Gasteiger partial charge is 0.481 e. The molecule has 1 aliphatic carbocycles. The Morgan fingerprint density at radius 2 is 2.17 bits per heavy atom. The third kappa shape index (κ3) is 2.89. The van der Waals surface area contributed by atoms with Crippen molar-refractivity contribution in [1.82, 2.24) is 0 Å². The van der Waals surface area contributed by atoms with Crippen LogP contribution in [0.5, 0.6) is 0 Å². The summed E-state index contributed by atoms with van der Waals surface area (Å²) in [5.41, 5.74) is 0. The van der Waals surface area contributed by atoms with Gasteiger partial charge < -0.3 is 5.11 Å². The number of carboxylic acid groups (broad SMARTS) is 1. The first kappa shape index (κ1) is 13.9. The summed E-state index contributed by atoms with van der Waals surface area (Å²) in [5.74, 6) is 0.492. The zero-order chi connectivity index (χ0) is 13.3.